The van der Waals surface area contributed by atoms with Gasteiger partial charge in [0.25, 0.3) is 0 Å². The average molecular weight is 378 g/mol. The molecule has 0 amide bonds. The van der Waals surface area contributed by atoms with E-state index in [0.717, 1.165) is 25.7 Å². The van der Waals surface area contributed by atoms with E-state index in [1.54, 1.807) is 12.1 Å². The summed E-state index contributed by atoms with van der Waals surface area (Å²) >= 11 is 0. The maximum Gasteiger partial charge on any atom is 0.314 e. The first kappa shape index (κ1) is 20.3. The lowest BCUT2D eigenvalue weighted by Crippen LogP contribution is -2.49. The second kappa shape index (κ2) is 7.51. The number of fused-ring (bicyclic) bond motifs is 2. The Kier molecular flexibility index (Phi) is 5.64. The second-order valence-corrected chi connectivity index (χ2v) is 8.37. The molecule has 2 aliphatic heterocycles. The first-order valence-corrected chi connectivity index (χ1v) is 10.0. The summed E-state index contributed by atoms with van der Waals surface area (Å²) < 4.78 is 32.1. The Morgan fingerprint density at radius 1 is 1.30 bits per heavy atom. The number of hydrogen-bond acceptors (Lipinski definition) is 4. The molecule has 0 N–H and O–H groups in total. The molecule has 0 spiro atoms. The molecule has 4 nitrogen and oxygen atoms in total. The van der Waals surface area contributed by atoms with Crippen molar-refractivity contribution in [1.29, 1.82) is 0 Å². The molecule has 2 fully saturated rings. The van der Waals surface area contributed by atoms with Gasteiger partial charge in [0.1, 0.15) is 5.82 Å². The minimum Gasteiger partial charge on any atom is -0.465 e. The molecule has 1 aromatic carbocycles. The summed E-state index contributed by atoms with van der Waals surface area (Å²) in [4.78, 5) is 12.7. The Hall–Kier alpha value is -1.46. The molecule has 0 saturated carbocycles. The minimum atomic E-state index is -0.755. The van der Waals surface area contributed by atoms with Crippen molar-refractivity contribution in [3.63, 3.8) is 0 Å². The van der Waals surface area contributed by atoms with Crippen LogP contribution in [0.1, 0.15) is 65.4 Å². The third-order valence-electron chi connectivity index (χ3n) is 6.54. The summed E-state index contributed by atoms with van der Waals surface area (Å²) in [5.41, 5.74) is -1.21. The van der Waals surface area contributed by atoms with E-state index >= 15 is 0 Å². The maximum atomic E-state index is 13.9. The van der Waals surface area contributed by atoms with Crippen molar-refractivity contribution in [1.82, 2.24) is 0 Å². The fraction of sp³-hybridized carbons (Fsp3) is 0.682. The Balaban J connectivity index is 1.77. The van der Waals surface area contributed by atoms with E-state index in [1.165, 1.54) is 6.07 Å². The van der Waals surface area contributed by atoms with Crippen molar-refractivity contribution in [2.24, 2.45) is 5.41 Å². The molecular weight excluding hydrogens is 347 g/mol. The molecule has 0 radical (unpaired) electrons. The van der Waals surface area contributed by atoms with Gasteiger partial charge in [-0.3, -0.25) is 4.79 Å². The van der Waals surface area contributed by atoms with Gasteiger partial charge in [-0.05, 0) is 45.6 Å². The molecule has 1 aromatic rings. The number of benzene rings is 1. The van der Waals surface area contributed by atoms with Gasteiger partial charge in [0.15, 0.2) is 0 Å². The van der Waals surface area contributed by atoms with Crippen LogP contribution in [0.2, 0.25) is 0 Å². The maximum absolute atomic E-state index is 13.9. The normalized spacial score (nSPS) is 29.9. The standard InChI is InChI=1S/C22H31FO4/c1-5-13-25-19(24)20(3,4)22-12-11-21(6-2,27-22)18(14-22)26-15-16-9-7-8-10-17(16)23/h7-10,18H,5-6,11-15H2,1-4H3. The third-order valence-corrected chi connectivity index (χ3v) is 6.54. The lowest BCUT2D eigenvalue weighted by atomic mass is 9.66. The van der Waals surface area contributed by atoms with Crippen LogP contribution in [0.3, 0.4) is 0 Å². The number of hydrogen-bond donors (Lipinski definition) is 0. The molecule has 0 aromatic heterocycles. The van der Waals surface area contributed by atoms with E-state index in [9.17, 15) is 9.18 Å². The first-order chi connectivity index (χ1) is 12.8. The van der Waals surface area contributed by atoms with Gasteiger partial charge in [0, 0.05) is 12.0 Å². The number of carbonyl (C=O) groups is 1. The molecule has 3 atom stereocenters. The molecule has 3 rings (SSSR count). The van der Waals surface area contributed by atoms with Gasteiger partial charge in [-0.25, -0.2) is 4.39 Å². The Morgan fingerprint density at radius 3 is 2.70 bits per heavy atom. The van der Waals surface area contributed by atoms with Gasteiger partial charge in [-0.15, -0.1) is 0 Å². The van der Waals surface area contributed by atoms with Crippen LogP contribution < -0.4 is 0 Å². The molecule has 150 valence electrons. The zero-order valence-corrected chi connectivity index (χ0v) is 16.8. The quantitative estimate of drug-likeness (QED) is 0.610. The van der Waals surface area contributed by atoms with Crippen LogP contribution in [0.5, 0.6) is 0 Å². The molecule has 3 unspecified atom stereocenters. The summed E-state index contributed by atoms with van der Waals surface area (Å²) in [5, 5.41) is 0. The lowest BCUT2D eigenvalue weighted by Gasteiger charge is -2.39. The predicted molar refractivity (Wildman–Crippen MR) is 101 cm³/mol. The third kappa shape index (κ3) is 3.40. The molecule has 5 heteroatoms. The van der Waals surface area contributed by atoms with Crippen LogP contribution in [-0.2, 0) is 25.6 Å². The Bertz CT molecular complexity index is 689. The van der Waals surface area contributed by atoms with E-state index in [1.807, 2.05) is 26.8 Å². The topological polar surface area (TPSA) is 44.8 Å². The largest absolute Gasteiger partial charge is 0.465 e. The molecule has 27 heavy (non-hydrogen) atoms. The second-order valence-electron chi connectivity index (χ2n) is 8.37. The fourth-order valence-corrected chi connectivity index (χ4v) is 4.51. The highest BCUT2D eigenvalue weighted by Crippen LogP contribution is 2.60. The van der Waals surface area contributed by atoms with Crippen LogP contribution in [0, 0.1) is 11.2 Å². The zero-order chi connectivity index (χ0) is 19.7. The van der Waals surface area contributed by atoms with Gasteiger partial charge in [0.05, 0.1) is 35.9 Å². The molecule has 2 bridgehead atoms. The SMILES string of the molecule is CCCOC(=O)C(C)(C)C12CCC(CC)(O1)C(OCc1ccccc1F)C2. The van der Waals surface area contributed by atoms with Crippen LogP contribution in [0.4, 0.5) is 4.39 Å². The van der Waals surface area contributed by atoms with Crippen LogP contribution in [0.25, 0.3) is 0 Å². The summed E-state index contributed by atoms with van der Waals surface area (Å²) in [6.45, 7) is 8.52. The van der Waals surface area contributed by atoms with Crippen molar-refractivity contribution < 1.29 is 23.4 Å². The summed E-state index contributed by atoms with van der Waals surface area (Å²) in [6, 6.07) is 6.67. The number of carbonyl (C=O) groups excluding carboxylic acids is 1. The lowest BCUT2D eigenvalue weighted by molar-refractivity contribution is -0.177. The van der Waals surface area contributed by atoms with Gasteiger partial charge in [-0.2, -0.15) is 0 Å². The zero-order valence-electron chi connectivity index (χ0n) is 16.8. The smallest absolute Gasteiger partial charge is 0.314 e. The molecule has 2 heterocycles. The number of halogens is 1. The van der Waals surface area contributed by atoms with E-state index in [2.05, 4.69) is 6.92 Å². The Labute approximate surface area is 161 Å². The number of esters is 1. The van der Waals surface area contributed by atoms with Crippen LogP contribution >= 0.6 is 0 Å². The van der Waals surface area contributed by atoms with Crippen LogP contribution in [-0.4, -0.2) is 29.9 Å². The van der Waals surface area contributed by atoms with Crippen molar-refractivity contribution in [2.45, 2.75) is 83.7 Å². The van der Waals surface area contributed by atoms with Crippen molar-refractivity contribution in [2.75, 3.05) is 6.61 Å². The molecular formula is C22H31FO4. The monoisotopic (exact) mass is 378 g/mol. The highest BCUT2D eigenvalue weighted by atomic mass is 19.1. The van der Waals surface area contributed by atoms with E-state index < -0.39 is 16.6 Å². The van der Waals surface area contributed by atoms with Crippen molar-refractivity contribution in [3.05, 3.63) is 35.6 Å². The molecule has 0 aliphatic carbocycles. The van der Waals surface area contributed by atoms with Gasteiger partial charge in [-0.1, -0.05) is 32.0 Å². The highest BCUT2D eigenvalue weighted by molar-refractivity contribution is 5.78. The van der Waals surface area contributed by atoms with Crippen molar-refractivity contribution in [3.8, 4) is 0 Å². The van der Waals surface area contributed by atoms with Gasteiger partial charge in [0.2, 0.25) is 0 Å². The number of ether oxygens (including phenoxy) is 3. The van der Waals surface area contributed by atoms with E-state index in [4.69, 9.17) is 14.2 Å². The number of rotatable bonds is 8. The highest BCUT2D eigenvalue weighted by Gasteiger charge is 2.68. The Morgan fingerprint density at radius 2 is 2.04 bits per heavy atom. The van der Waals surface area contributed by atoms with Gasteiger partial charge < -0.3 is 14.2 Å². The van der Waals surface area contributed by atoms with Crippen molar-refractivity contribution >= 4 is 5.97 Å². The van der Waals surface area contributed by atoms with Gasteiger partial charge >= 0.3 is 5.97 Å². The summed E-state index contributed by atoms with van der Waals surface area (Å²) in [7, 11) is 0. The fourth-order valence-electron chi connectivity index (χ4n) is 4.51. The minimum absolute atomic E-state index is 0.158. The summed E-state index contributed by atoms with van der Waals surface area (Å²) in [6.07, 6.45) is 3.72. The molecule has 2 aliphatic rings. The predicted octanol–water partition coefficient (Wildman–Crippen LogP) is 4.79. The van der Waals surface area contributed by atoms with E-state index in [0.29, 0.717) is 18.6 Å². The van der Waals surface area contributed by atoms with Crippen LogP contribution in [0.15, 0.2) is 24.3 Å². The van der Waals surface area contributed by atoms with E-state index in [-0.39, 0.29) is 24.5 Å². The summed E-state index contributed by atoms with van der Waals surface area (Å²) in [5.74, 6) is -0.476. The first-order valence-electron chi connectivity index (χ1n) is 10.0. The molecule has 2 saturated heterocycles. The average Bonchev–Trinajstić information content (AvgIpc) is 3.21.